The van der Waals surface area contributed by atoms with Crippen molar-refractivity contribution in [1.82, 2.24) is 16.0 Å². The number of alkyl halides is 3. The fourth-order valence-corrected chi connectivity index (χ4v) is 6.72. The Morgan fingerprint density at radius 2 is 1.74 bits per heavy atom. The third-order valence-corrected chi connectivity index (χ3v) is 9.35. The number of rotatable bonds is 10. The molecule has 1 aliphatic carbocycles. The number of hydrogen-bond acceptors (Lipinski definition) is 7. The Balaban J connectivity index is 1.70. The van der Waals surface area contributed by atoms with Crippen molar-refractivity contribution in [2.24, 2.45) is 5.92 Å². The molecule has 4 amide bonds. The standard InChI is InChI=1S/C27H33F3N4O6S2/c1-3-31-26(38)34-22-11-5-17(27(28,29)30)12-21(22)25(37)32-14-24(36)33-23-13-18(35)6-4-16(23)15-42(39,40)20-9-7-19(41-2)8-10-20/h5,7-12,16,18,23,35H,3-4,6,13-15H2,1-2H3,(H,32,37)(H,33,36)(H2,31,34,38)/t16-,18-,23+/m1/s1. The van der Waals surface area contributed by atoms with Crippen LogP contribution in [0, 0.1) is 5.92 Å². The molecular weight excluding hydrogens is 597 g/mol. The van der Waals surface area contributed by atoms with Gasteiger partial charge in [-0.05, 0) is 80.8 Å². The molecule has 0 heterocycles. The van der Waals surface area contributed by atoms with Gasteiger partial charge in [-0.3, -0.25) is 9.59 Å². The van der Waals surface area contributed by atoms with Crippen LogP contribution in [-0.4, -0.2) is 68.6 Å². The number of anilines is 1. The Morgan fingerprint density at radius 3 is 2.36 bits per heavy atom. The first-order chi connectivity index (χ1) is 19.7. The highest BCUT2D eigenvalue weighted by Crippen LogP contribution is 2.32. The average molecular weight is 631 g/mol. The van der Waals surface area contributed by atoms with E-state index in [1.807, 2.05) is 6.26 Å². The normalized spacial score (nSPS) is 19.0. The number of aliphatic hydroxyl groups is 1. The molecule has 230 valence electrons. The Hall–Kier alpha value is -3.30. The first-order valence-electron chi connectivity index (χ1n) is 13.1. The second-order valence-corrected chi connectivity index (χ2v) is 12.7. The number of urea groups is 1. The van der Waals surface area contributed by atoms with Gasteiger partial charge in [-0.2, -0.15) is 13.2 Å². The molecule has 0 unspecified atom stereocenters. The van der Waals surface area contributed by atoms with Crippen molar-refractivity contribution in [3.8, 4) is 0 Å². The second-order valence-electron chi connectivity index (χ2n) is 9.78. The van der Waals surface area contributed by atoms with Crippen LogP contribution in [0.15, 0.2) is 52.3 Å². The van der Waals surface area contributed by atoms with E-state index in [9.17, 15) is 41.1 Å². The van der Waals surface area contributed by atoms with Crippen molar-refractivity contribution in [3.05, 3.63) is 53.6 Å². The summed E-state index contributed by atoms with van der Waals surface area (Å²) in [7, 11) is -3.71. The van der Waals surface area contributed by atoms with E-state index in [4.69, 9.17) is 0 Å². The van der Waals surface area contributed by atoms with E-state index < -0.39 is 69.6 Å². The number of benzene rings is 2. The molecule has 0 spiro atoms. The summed E-state index contributed by atoms with van der Waals surface area (Å²) in [6.45, 7) is 1.22. The zero-order chi connectivity index (χ0) is 31.1. The summed E-state index contributed by atoms with van der Waals surface area (Å²) in [5.74, 6) is -2.55. The molecule has 3 atom stereocenters. The average Bonchev–Trinajstić information content (AvgIpc) is 2.93. The maximum Gasteiger partial charge on any atom is 0.416 e. The van der Waals surface area contributed by atoms with Crippen molar-refractivity contribution in [3.63, 3.8) is 0 Å². The van der Waals surface area contributed by atoms with Gasteiger partial charge in [-0.25, -0.2) is 13.2 Å². The highest BCUT2D eigenvalue weighted by molar-refractivity contribution is 7.98. The predicted octanol–water partition coefficient (Wildman–Crippen LogP) is 3.42. The summed E-state index contributed by atoms with van der Waals surface area (Å²) in [5.41, 5.74) is -1.83. The minimum Gasteiger partial charge on any atom is -0.393 e. The first-order valence-corrected chi connectivity index (χ1v) is 16.0. The number of halogens is 3. The van der Waals surface area contributed by atoms with E-state index in [0.717, 1.165) is 11.0 Å². The van der Waals surface area contributed by atoms with Crippen molar-refractivity contribution in [1.29, 1.82) is 0 Å². The summed E-state index contributed by atoms with van der Waals surface area (Å²) >= 11 is 1.47. The summed E-state index contributed by atoms with van der Waals surface area (Å²) in [6.07, 6.45) is -2.87. The van der Waals surface area contributed by atoms with Crippen LogP contribution in [0.4, 0.5) is 23.7 Å². The van der Waals surface area contributed by atoms with E-state index in [1.165, 1.54) is 23.9 Å². The highest BCUT2D eigenvalue weighted by Gasteiger charge is 2.35. The monoisotopic (exact) mass is 630 g/mol. The molecule has 1 aliphatic rings. The van der Waals surface area contributed by atoms with E-state index >= 15 is 0 Å². The molecule has 2 aromatic rings. The van der Waals surface area contributed by atoms with Gasteiger partial charge in [0.15, 0.2) is 9.84 Å². The van der Waals surface area contributed by atoms with Crippen molar-refractivity contribution >= 4 is 45.1 Å². The number of nitrogens with one attached hydrogen (secondary N) is 4. The van der Waals surface area contributed by atoms with E-state index in [1.54, 1.807) is 19.1 Å². The number of hydrogen-bond donors (Lipinski definition) is 5. The van der Waals surface area contributed by atoms with Gasteiger partial charge in [0.1, 0.15) is 0 Å². The quantitative estimate of drug-likeness (QED) is 0.252. The van der Waals surface area contributed by atoms with Gasteiger partial charge in [-0.1, -0.05) is 0 Å². The van der Waals surface area contributed by atoms with Crippen LogP contribution in [-0.2, 0) is 20.8 Å². The van der Waals surface area contributed by atoms with Crippen LogP contribution in [0.3, 0.4) is 0 Å². The number of thioether (sulfide) groups is 1. The lowest BCUT2D eigenvalue weighted by Crippen LogP contribution is -2.50. The van der Waals surface area contributed by atoms with Gasteiger partial charge < -0.3 is 26.4 Å². The van der Waals surface area contributed by atoms with Gasteiger partial charge in [0, 0.05) is 17.5 Å². The number of amides is 4. The van der Waals surface area contributed by atoms with Crippen molar-refractivity contribution in [2.45, 2.75) is 54.3 Å². The largest absolute Gasteiger partial charge is 0.416 e. The van der Waals surface area contributed by atoms with Gasteiger partial charge in [-0.15, -0.1) is 11.8 Å². The Bertz CT molecular complexity index is 1390. The molecule has 3 rings (SSSR count). The first kappa shape index (κ1) is 33.2. The maximum absolute atomic E-state index is 13.3. The smallest absolute Gasteiger partial charge is 0.393 e. The molecule has 10 nitrogen and oxygen atoms in total. The van der Waals surface area contributed by atoms with E-state index in [-0.39, 0.29) is 29.3 Å². The second kappa shape index (κ2) is 14.2. The van der Waals surface area contributed by atoms with Gasteiger partial charge in [0.2, 0.25) is 5.91 Å². The summed E-state index contributed by atoms with van der Waals surface area (Å²) in [5, 5.41) is 19.8. The van der Waals surface area contributed by atoms with Crippen molar-refractivity contribution in [2.75, 3.05) is 30.4 Å². The SMILES string of the molecule is CCNC(=O)Nc1ccc(C(F)(F)F)cc1C(=O)NCC(=O)N[C@H]1C[C@H](O)CC[C@@H]1CS(=O)(=O)c1ccc(SC)cc1. The van der Waals surface area contributed by atoms with E-state index in [2.05, 4.69) is 21.3 Å². The van der Waals surface area contributed by atoms with Crippen LogP contribution in [0.5, 0.6) is 0 Å². The van der Waals surface area contributed by atoms with Crippen LogP contribution in [0.2, 0.25) is 0 Å². The number of carbonyl (C=O) groups is 3. The molecule has 0 bridgehead atoms. The fraction of sp³-hybridized carbons (Fsp3) is 0.444. The lowest BCUT2D eigenvalue weighted by Gasteiger charge is -2.34. The minimum atomic E-state index is -4.76. The Morgan fingerprint density at radius 1 is 1.05 bits per heavy atom. The van der Waals surface area contributed by atoms with Crippen LogP contribution < -0.4 is 21.3 Å². The van der Waals surface area contributed by atoms with Gasteiger partial charge in [0.05, 0.1) is 40.1 Å². The number of sulfone groups is 1. The molecule has 15 heteroatoms. The number of carbonyl (C=O) groups excluding carboxylic acids is 3. The summed E-state index contributed by atoms with van der Waals surface area (Å²) in [6, 6.07) is 7.20. The molecular formula is C27H33F3N4O6S2. The van der Waals surface area contributed by atoms with Crippen molar-refractivity contribution < 1.29 is 41.1 Å². The van der Waals surface area contributed by atoms with Crippen LogP contribution >= 0.6 is 11.8 Å². The zero-order valence-corrected chi connectivity index (χ0v) is 24.6. The highest BCUT2D eigenvalue weighted by atomic mass is 32.2. The maximum atomic E-state index is 13.3. The topological polar surface area (TPSA) is 154 Å². The molecule has 1 fully saturated rings. The molecule has 1 saturated carbocycles. The lowest BCUT2D eigenvalue weighted by molar-refractivity contribution is -0.137. The molecule has 2 aromatic carbocycles. The minimum absolute atomic E-state index is 0.0967. The molecule has 0 saturated heterocycles. The third kappa shape index (κ3) is 9.10. The molecule has 0 aromatic heterocycles. The van der Waals surface area contributed by atoms with Crippen LogP contribution in [0.1, 0.15) is 42.1 Å². The zero-order valence-electron chi connectivity index (χ0n) is 23.0. The third-order valence-electron chi connectivity index (χ3n) is 6.75. The molecule has 5 N–H and O–H groups in total. The summed E-state index contributed by atoms with van der Waals surface area (Å²) < 4.78 is 66.0. The van der Waals surface area contributed by atoms with E-state index in [0.29, 0.717) is 25.0 Å². The Labute approximate surface area is 246 Å². The number of aliphatic hydroxyl groups excluding tert-OH is 1. The van der Waals surface area contributed by atoms with Crippen LogP contribution in [0.25, 0.3) is 0 Å². The molecule has 0 radical (unpaired) electrons. The fourth-order valence-electron chi connectivity index (χ4n) is 4.61. The Kier molecular flexibility index (Phi) is 11.3. The summed E-state index contributed by atoms with van der Waals surface area (Å²) in [4.78, 5) is 38.6. The predicted molar refractivity (Wildman–Crippen MR) is 152 cm³/mol. The molecule has 42 heavy (non-hydrogen) atoms. The molecule has 0 aliphatic heterocycles. The van der Waals surface area contributed by atoms with Gasteiger partial charge in [0.25, 0.3) is 5.91 Å². The van der Waals surface area contributed by atoms with Gasteiger partial charge >= 0.3 is 12.2 Å². The lowest BCUT2D eigenvalue weighted by atomic mass is 9.84.